The van der Waals surface area contributed by atoms with Crippen molar-refractivity contribution in [2.24, 2.45) is 0 Å². The van der Waals surface area contributed by atoms with E-state index in [2.05, 4.69) is 20.6 Å². The standard InChI is InChI=1S/C13H19N5O4/c1-8(12(20)21)15-11(19)9-7-10(22-2)17-13(16-9)18-5-3-14-4-6-18/h7-8,14H,3-6H2,1-2H3,(H,15,19)(H,20,21)/t8-/m0/s1. The lowest BCUT2D eigenvalue weighted by atomic mass is 10.3. The van der Waals surface area contributed by atoms with E-state index in [4.69, 9.17) is 9.84 Å². The summed E-state index contributed by atoms with van der Waals surface area (Å²) in [5.74, 6) is -1.03. The molecule has 0 unspecified atom stereocenters. The Morgan fingerprint density at radius 2 is 2.09 bits per heavy atom. The molecule has 1 aliphatic heterocycles. The largest absolute Gasteiger partial charge is 0.481 e. The average Bonchev–Trinajstić information content (AvgIpc) is 2.54. The number of carboxylic acids is 1. The number of piperazine rings is 1. The predicted molar refractivity (Wildman–Crippen MR) is 78.2 cm³/mol. The topological polar surface area (TPSA) is 117 Å². The number of aliphatic carboxylic acids is 1. The number of aromatic nitrogens is 2. The van der Waals surface area contributed by atoms with E-state index >= 15 is 0 Å². The lowest BCUT2D eigenvalue weighted by Crippen LogP contribution is -2.44. The van der Waals surface area contributed by atoms with Crippen LogP contribution in [0.5, 0.6) is 5.88 Å². The lowest BCUT2D eigenvalue weighted by molar-refractivity contribution is -0.138. The van der Waals surface area contributed by atoms with Crippen LogP contribution in [0.3, 0.4) is 0 Å². The number of carbonyl (C=O) groups is 2. The number of amides is 1. The van der Waals surface area contributed by atoms with Crippen LogP contribution in [-0.4, -0.2) is 66.3 Å². The second-order valence-corrected chi connectivity index (χ2v) is 4.87. The number of nitrogens with one attached hydrogen (secondary N) is 2. The fourth-order valence-corrected chi connectivity index (χ4v) is 1.97. The van der Waals surface area contributed by atoms with Gasteiger partial charge in [0.25, 0.3) is 5.91 Å². The van der Waals surface area contributed by atoms with Gasteiger partial charge in [-0.15, -0.1) is 0 Å². The maximum atomic E-state index is 12.1. The van der Waals surface area contributed by atoms with Gasteiger partial charge in [0.2, 0.25) is 11.8 Å². The lowest BCUT2D eigenvalue weighted by Gasteiger charge is -2.27. The Kier molecular flexibility index (Phi) is 5.10. The van der Waals surface area contributed by atoms with Crippen molar-refractivity contribution in [1.82, 2.24) is 20.6 Å². The van der Waals surface area contributed by atoms with Gasteiger partial charge in [0.15, 0.2) is 0 Å². The summed E-state index contributed by atoms with van der Waals surface area (Å²) < 4.78 is 5.10. The third-order valence-corrected chi connectivity index (χ3v) is 3.25. The number of rotatable bonds is 5. The fourth-order valence-electron chi connectivity index (χ4n) is 1.97. The van der Waals surface area contributed by atoms with Crippen LogP contribution in [0.4, 0.5) is 5.95 Å². The summed E-state index contributed by atoms with van der Waals surface area (Å²) in [6, 6.07) is 0.381. The number of carboxylic acid groups (broad SMARTS) is 1. The van der Waals surface area contributed by atoms with Crippen molar-refractivity contribution in [2.45, 2.75) is 13.0 Å². The van der Waals surface area contributed by atoms with Crippen LogP contribution in [-0.2, 0) is 4.79 Å². The average molecular weight is 309 g/mol. The fraction of sp³-hybridized carbons (Fsp3) is 0.538. The Balaban J connectivity index is 2.23. The molecular formula is C13H19N5O4. The maximum Gasteiger partial charge on any atom is 0.325 e. The van der Waals surface area contributed by atoms with Gasteiger partial charge in [0.05, 0.1) is 7.11 Å². The van der Waals surface area contributed by atoms with Gasteiger partial charge in [-0.1, -0.05) is 0 Å². The molecule has 0 saturated carbocycles. The van der Waals surface area contributed by atoms with E-state index in [1.54, 1.807) is 0 Å². The van der Waals surface area contributed by atoms with Gasteiger partial charge in [-0.3, -0.25) is 9.59 Å². The van der Waals surface area contributed by atoms with Gasteiger partial charge < -0.3 is 25.4 Å². The summed E-state index contributed by atoms with van der Waals surface area (Å²) in [4.78, 5) is 33.3. The molecule has 120 valence electrons. The zero-order valence-electron chi connectivity index (χ0n) is 12.5. The van der Waals surface area contributed by atoms with Crippen molar-refractivity contribution in [3.8, 4) is 5.88 Å². The third kappa shape index (κ3) is 3.82. The smallest absolute Gasteiger partial charge is 0.325 e. The van der Waals surface area contributed by atoms with E-state index in [-0.39, 0.29) is 11.6 Å². The van der Waals surface area contributed by atoms with Gasteiger partial charge >= 0.3 is 5.97 Å². The number of carbonyl (C=O) groups excluding carboxylic acids is 1. The van der Waals surface area contributed by atoms with E-state index in [0.717, 1.165) is 26.2 Å². The summed E-state index contributed by atoms with van der Waals surface area (Å²) in [6.45, 7) is 4.44. The predicted octanol–water partition coefficient (Wildman–Crippen LogP) is -0.902. The summed E-state index contributed by atoms with van der Waals surface area (Å²) in [5, 5.41) is 14.4. The molecule has 1 aromatic heterocycles. The summed E-state index contributed by atoms with van der Waals surface area (Å²) >= 11 is 0. The highest BCUT2D eigenvalue weighted by molar-refractivity contribution is 5.95. The highest BCUT2D eigenvalue weighted by atomic mass is 16.5. The molecule has 2 rings (SSSR count). The number of ether oxygens (including phenoxy) is 1. The quantitative estimate of drug-likeness (QED) is 0.640. The molecule has 0 spiro atoms. The van der Waals surface area contributed by atoms with Gasteiger partial charge in [0.1, 0.15) is 11.7 Å². The number of methoxy groups -OCH3 is 1. The number of nitrogens with zero attached hydrogens (tertiary/aromatic N) is 3. The van der Waals surface area contributed by atoms with E-state index in [1.165, 1.54) is 20.1 Å². The van der Waals surface area contributed by atoms with Crippen LogP contribution in [0.15, 0.2) is 6.07 Å². The SMILES string of the molecule is COc1cc(C(=O)N[C@@H](C)C(=O)O)nc(N2CCNCC2)n1. The molecule has 9 nitrogen and oxygen atoms in total. The normalized spacial score (nSPS) is 16.0. The van der Waals surface area contributed by atoms with Crippen LogP contribution >= 0.6 is 0 Å². The van der Waals surface area contributed by atoms with Crippen LogP contribution < -0.4 is 20.3 Å². The summed E-state index contributed by atoms with van der Waals surface area (Å²) in [7, 11) is 1.45. The Morgan fingerprint density at radius 1 is 1.41 bits per heavy atom. The summed E-state index contributed by atoms with van der Waals surface area (Å²) in [6.07, 6.45) is 0. The van der Waals surface area contributed by atoms with E-state index in [0.29, 0.717) is 5.95 Å². The number of hydrogen-bond acceptors (Lipinski definition) is 7. The Bertz CT molecular complexity index is 559. The molecule has 1 fully saturated rings. The van der Waals surface area contributed by atoms with Crippen molar-refractivity contribution < 1.29 is 19.4 Å². The highest BCUT2D eigenvalue weighted by Gasteiger charge is 2.20. The molecule has 1 amide bonds. The van der Waals surface area contributed by atoms with E-state index < -0.39 is 17.9 Å². The van der Waals surface area contributed by atoms with Crippen LogP contribution in [0.25, 0.3) is 0 Å². The van der Waals surface area contributed by atoms with Gasteiger partial charge in [0, 0.05) is 32.2 Å². The molecule has 0 bridgehead atoms. The molecule has 3 N–H and O–H groups in total. The minimum atomic E-state index is -1.11. The molecule has 2 heterocycles. The summed E-state index contributed by atoms with van der Waals surface area (Å²) in [5.41, 5.74) is 0.0773. The minimum Gasteiger partial charge on any atom is -0.481 e. The Hall–Kier alpha value is -2.42. The van der Waals surface area contributed by atoms with Crippen molar-refractivity contribution >= 4 is 17.8 Å². The van der Waals surface area contributed by atoms with Crippen molar-refractivity contribution in [3.05, 3.63) is 11.8 Å². The zero-order valence-corrected chi connectivity index (χ0v) is 12.5. The molecule has 1 aromatic rings. The molecule has 9 heteroatoms. The third-order valence-electron chi connectivity index (χ3n) is 3.25. The van der Waals surface area contributed by atoms with E-state index in [1.807, 2.05) is 4.90 Å². The highest BCUT2D eigenvalue weighted by Crippen LogP contribution is 2.16. The number of hydrogen-bond donors (Lipinski definition) is 3. The molecule has 22 heavy (non-hydrogen) atoms. The first kappa shape index (κ1) is 16.0. The molecule has 1 aliphatic rings. The van der Waals surface area contributed by atoms with Gasteiger partial charge in [-0.05, 0) is 6.92 Å². The molecule has 0 aromatic carbocycles. The monoisotopic (exact) mass is 309 g/mol. The van der Waals surface area contributed by atoms with Crippen LogP contribution in [0.1, 0.15) is 17.4 Å². The Morgan fingerprint density at radius 3 is 2.68 bits per heavy atom. The first-order valence-corrected chi connectivity index (χ1v) is 6.93. The van der Waals surface area contributed by atoms with Crippen LogP contribution in [0.2, 0.25) is 0 Å². The molecule has 1 atom stereocenters. The molecule has 0 radical (unpaired) electrons. The molecular weight excluding hydrogens is 290 g/mol. The Labute approximate surface area is 127 Å². The second kappa shape index (κ2) is 7.03. The molecule has 0 aliphatic carbocycles. The zero-order chi connectivity index (χ0) is 16.1. The van der Waals surface area contributed by atoms with Gasteiger partial charge in [-0.25, -0.2) is 4.98 Å². The van der Waals surface area contributed by atoms with Crippen molar-refractivity contribution in [3.63, 3.8) is 0 Å². The van der Waals surface area contributed by atoms with Gasteiger partial charge in [-0.2, -0.15) is 4.98 Å². The van der Waals surface area contributed by atoms with Crippen molar-refractivity contribution in [2.75, 3.05) is 38.2 Å². The molecule has 1 saturated heterocycles. The second-order valence-electron chi connectivity index (χ2n) is 4.87. The first-order valence-electron chi connectivity index (χ1n) is 6.93. The maximum absolute atomic E-state index is 12.1. The van der Waals surface area contributed by atoms with Crippen LogP contribution in [0, 0.1) is 0 Å². The van der Waals surface area contributed by atoms with Crippen molar-refractivity contribution in [1.29, 1.82) is 0 Å². The minimum absolute atomic E-state index is 0.0773. The van der Waals surface area contributed by atoms with E-state index in [9.17, 15) is 9.59 Å². The number of anilines is 1. The first-order chi connectivity index (χ1) is 10.5.